The first-order valence-electron chi connectivity index (χ1n) is 12.1. The number of nitrogen functional groups attached to an aromatic ring is 1. The van der Waals surface area contributed by atoms with Crippen LogP contribution < -0.4 is 15.8 Å². The van der Waals surface area contributed by atoms with Gasteiger partial charge < -0.3 is 20.9 Å². The van der Waals surface area contributed by atoms with Crippen molar-refractivity contribution >= 4 is 16.5 Å². The number of rotatable bonds is 7. The Hall–Kier alpha value is -2.38. The highest BCUT2D eigenvalue weighted by molar-refractivity contribution is 7.85. The van der Waals surface area contributed by atoms with Crippen LogP contribution in [0.15, 0.2) is 36.4 Å². The summed E-state index contributed by atoms with van der Waals surface area (Å²) in [6, 6.07) is 8.85. The molecule has 5 nitrogen and oxygen atoms in total. The molecule has 2 aromatic rings. The molecule has 13 heteroatoms. The lowest BCUT2D eigenvalue weighted by Gasteiger charge is -2.35. The zero-order valence-electron chi connectivity index (χ0n) is 21.5. The predicted molar refractivity (Wildman–Crippen MR) is 134 cm³/mol. The number of nitrogens with two attached hydrogens (primary N) is 1. The summed E-state index contributed by atoms with van der Waals surface area (Å²) in [6.45, 7) is 6.57. The number of hydrogen-bond acceptors (Lipinski definition) is 5. The van der Waals surface area contributed by atoms with Gasteiger partial charge in [-0.05, 0) is 40.7 Å². The summed E-state index contributed by atoms with van der Waals surface area (Å²) in [5.41, 5.74) is 6.28. The molecule has 1 saturated heterocycles. The fourth-order valence-electron chi connectivity index (χ4n) is 4.40. The third-order valence-corrected chi connectivity index (χ3v) is 8.04. The van der Waals surface area contributed by atoms with Gasteiger partial charge in [-0.25, -0.2) is 4.39 Å². The molecular weight excluding hydrogens is 553 g/mol. The van der Waals surface area contributed by atoms with E-state index in [4.69, 9.17) is 5.73 Å². The van der Waals surface area contributed by atoms with Crippen molar-refractivity contribution in [1.82, 2.24) is 5.32 Å². The molecule has 1 aliphatic rings. The number of halogens is 7. The summed E-state index contributed by atoms with van der Waals surface area (Å²) in [4.78, 5) is 0. The molecular formula is C26H31F7N2O3S. The van der Waals surface area contributed by atoms with E-state index in [-0.39, 0.29) is 28.9 Å². The van der Waals surface area contributed by atoms with E-state index in [2.05, 4.69) is 30.8 Å². The van der Waals surface area contributed by atoms with Crippen molar-refractivity contribution in [3.63, 3.8) is 0 Å². The van der Waals surface area contributed by atoms with Crippen molar-refractivity contribution in [2.75, 3.05) is 17.2 Å². The number of aliphatic hydroxyl groups is 1. The van der Waals surface area contributed by atoms with E-state index < -0.39 is 64.6 Å². The summed E-state index contributed by atoms with van der Waals surface area (Å²) in [6.07, 6.45) is -17.1. The maximum atomic E-state index is 14.4. The van der Waals surface area contributed by atoms with Crippen LogP contribution in [0.2, 0.25) is 0 Å². The normalized spacial score (nSPS) is 22.8. The van der Waals surface area contributed by atoms with Gasteiger partial charge in [0.25, 0.3) is 6.10 Å². The molecule has 0 aliphatic carbocycles. The molecule has 39 heavy (non-hydrogen) atoms. The van der Waals surface area contributed by atoms with Crippen LogP contribution in [0, 0.1) is 11.7 Å². The molecule has 0 radical (unpaired) electrons. The Balaban J connectivity index is 1.77. The van der Waals surface area contributed by atoms with E-state index in [1.165, 1.54) is 0 Å². The van der Waals surface area contributed by atoms with Gasteiger partial charge in [0.05, 0.1) is 6.10 Å². The monoisotopic (exact) mass is 584 g/mol. The highest BCUT2D eigenvalue weighted by Crippen LogP contribution is 2.39. The molecule has 4 N–H and O–H groups in total. The predicted octanol–water partition coefficient (Wildman–Crippen LogP) is 5.02. The van der Waals surface area contributed by atoms with Gasteiger partial charge in [-0.1, -0.05) is 45.0 Å². The van der Waals surface area contributed by atoms with Crippen molar-refractivity contribution in [1.29, 1.82) is 0 Å². The van der Waals surface area contributed by atoms with Crippen molar-refractivity contribution in [3.05, 3.63) is 58.9 Å². The molecule has 1 aliphatic heterocycles. The molecule has 0 amide bonds. The van der Waals surface area contributed by atoms with E-state index in [1.807, 2.05) is 24.3 Å². The Morgan fingerprint density at radius 1 is 1.05 bits per heavy atom. The zero-order valence-corrected chi connectivity index (χ0v) is 22.3. The highest BCUT2D eigenvalue weighted by Gasteiger charge is 2.59. The van der Waals surface area contributed by atoms with Crippen molar-refractivity contribution in [2.45, 2.75) is 69.8 Å². The first kappa shape index (κ1) is 31.2. The standard InChI is InChI=1S/C26H31F7N2O3S/c1-24(2,3)17-6-4-5-14(8-17)11-35-19-13-39(37)12-16(22(19)36)7-15-9-18(27)21(34)20(10-15)38-23(25(28,29)30)26(31,32)33/h4-6,8-10,16,19,22-23,35-36H,7,11-13,34H2,1-3H3/t16-,19+,22+,39?/m1/s1. The fourth-order valence-corrected chi connectivity index (χ4v) is 6.04. The van der Waals surface area contributed by atoms with Gasteiger partial charge in [-0.15, -0.1) is 0 Å². The van der Waals surface area contributed by atoms with E-state index in [9.17, 15) is 40.0 Å². The van der Waals surface area contributed by atoms with Crippen LogP contribution in [-0.2, 0) is 29.2 Å². The van der Waals surface area contributed by atoms with Crippen molar-refractivity contribution in [3.8, 4) is 5.75 Å². The maximum absolute atomic E-state index is 14.4. The SMILES string of the molecule is CC(C)(C)c1cccc(CN[C@H]2CS(=O)C[C@@H](Cc3cc(F)c(N)c(OC(C(F)(F)F)C(F)(F)F)c3)[C@@H]2O)c1. The Morgan fingerprint density at radius 2 is 1.69 bits per heavy atom. The molecule has 0 spiro atoms. The van der Waals surface area contributed by atoms with Crippen molar-refractivity contribution < 1.29 is 44.8 Å². The summed E-state index contributed by atoms with van der Waals surface area (Å²) >= 11 is 0. The average Bonchev–Trinajstić information content (AvgIpc) is 2.79. The zero-order chi connectivity index (χ0) is 29.3. The highest BCUT2D eigenvalue weighted by atomic mass is 32.2. The van der Waals surface area contributed by atoms with Crippen LogP contribution in [0.5, 0.6) is 5.75 Å². The van der Waals surface area contributed by atoms with Crippen LogP contribution in [0.1, 0.15) is 37.5 Å². The smallest absolute Gasteiger partial charge is 0.434 e. The minimum Gasteiger partial charge on any atom is -0.469 e. The van der Waals surface area contributed by atoms with Gasteiger partial charge in [0.1, 0.15) is 17.3 Å². The first-order chi connectivity index (χ1) is 17.9. The van der Waals surface area contributed by atoms with E-state index in [1.54, 1.807) is 0 Å². The number of ether oxygens (including phenoxy) is 1. The lowest BCUT2D eigenvalue weighted by Crippen LogP contribution is -2.53. The fraction of sp³-hybridized carbons (Fsp3) is 0.538. The summed E-state index contributed by atoms with van der Waals surface area (Å²) < 4.78 is 109. The minimum absolute atomic E-state index is 0.00870. The second-order valence-corrected chi connectivity index (χ2v) is 12.3. The molecule has 1 heterocycles. The second-order valence-electron chi connectivity index (χ2n) is 10.7. The lowest BCUT2D eigenvalue weighted by atomic mass is 9.86. The summed E-state index contributed by atoms with van der Waals surface area (Å²) in [5.74, 6) is -2.97. The van der Waals surface area contributed by atoms with Gasteiger partial charge >= 0.3 is 12.4 Å². The molecule has 4 atom stereocenters. The van der Waals surface area contributed by atoms with Gasteiger partial charge in [0.2, 0.25) is 0 Å². The number of alkyl halides is 6. The topological polar surface area (TPSA) is 84.6 Å². The minimum atomic E-state index is -5.82. The Bertz CT molecular complexity index is 1170. The largest absolute Gasteiger partial charge is 0.469 e. The van der Waals surface area contributed by atoms with Crippen molar-refractivity contribution in [2.24, 2.45) is 5.92 Å². The summed E-state index contributed by atoms with van der Waals surface area (Å²) in [5, 5.41) is 14.2. The van der Waals surface area contributed by atoms with Gasteiger partial charge in [0.15, 0.2) is 0 Å². The van der Waals surface area contributed by atoms with Gasteiger partial charge in [-0.3, -0.25) is 4.21 Å². The van der Waals surface area contributed by atoms with Crippen LogP contribution in [0.3, 0.4) is 0 Å². The molecule has 2 aromatic carbocycles. The van der Waals surface area contributed by atoms with E-state index in [0.717, 1.165) is 23.3 Å². The molecule has 0 bridgehead atoms. The van der Waals surface area contributed by atoms with Crippen LogP contribution in [0.4, 0.5) is 36.4 Å². The van der Waals surface area contributed by atoms with Crippen LogP contribution in [-0.4, -0.2) is 51.4 Å². The Kier molecular flexibility index (Phi) is 9.28. The second kappa shape index (κ2) is 11.6. The Morgan fingerprint density at radius 3 is 2.28 bits per heavy atom. The first-order valence-corrected chi connectivity index (χ1v) is 13.6. The number of aliphatic hydroxyl groups excluding tert-OH is 1. The molecule has 1 fully saturated rings. The van der Waals surface area contributed by atoms with Gasteiger partial charge in [-0.2, -0.15) is 26.3 Å². The third-order valence-electron chi connectivity index (χ3n) is 6.51. The van der Waals surface area contributed by atoms with Crippen LogP contribution in [0.25, 0.3) is 0 Å². The molecule has 1 unspecified atom stereocenters. The average molecular weight is 585 g/mol. The number of anilines is 1. The van der Waals surface area contributed by atoms with E-state index in [0.29, 0.717) is 6.54 Å². The maximum Gasteiger partial charge on any atom is 0.434 e. The number of nitrogens with one attached hydrogen (secondary N) is 1. The third kappa shape index (κ3) is 8.07. The number of benzene rings is 2. The molecule has 3 rings (SSSR count). The quantitative estimate of drug-likeness (QED) is 0.315. The van der Waals surface area contributed by atoms with Crippen LogP contribution >= 0.6 is 0 Å². The Labute approximate surface area is 224 Å². The van der Waals surface area contributed by atoms with E-state index >= 15 is 0 Å². The molecule has 218 valence electrons. The van der Waals surface area contributed by atoms with Gasteiger partial charge in [0, 0.05) is 40.8 Å². The summed E-state index contributed by atoms with van der Waals surface area (Å²) in [7, 11) is -1.39. The number of hydrogen-bond donors (Lipinski definition) is 3. The molecule has 0 saturated carbocycles. The molecule has 0 aromatic heterocycles. The lowest BCUT2D eigenvalue weighted by molar-refractivity contribution is -0.299.